The molecule has 0 bridgehead atoms. The fourth-order valence-electron chi connectivity index (χ4n) is 2.50. The molecule has 0 aromatic heterocycles. The number of nitrogens with zero attached hydrogens (tertiary/aromatic N) is 1. The maximum atomic E-state index is 10.4. The predicted octanol–water partition coefficient (Wildman–Crippen LogP) is 2.86. The van der Waals surface area contributed by atoms with E-state index in [0.717, 1.165) is 18.4 Å². The highest BCUT2D eigenvalue weighted by Gasteiger charge is 2.17. The second kappa shape index (κ2) is 8.12. The lowest BCUT2D eigenvalue weighted by Crippen LogP contribution is -2.34. The van der Waals surface area contributed by atoms with E-state index >= 15 is 0 Å². The van der Waals surface area contributed by atoms with Crippen molar-refractivity contribution >= 4 is 0 Å². The van der Waals surface area contributed by atoms with Gasteiger partial charge in [-0.05, 0) is 37.6 Å². The number of benzene rings is 1. The molecule has 0 aliphatic heterocycles. The lowest BCUT2D eigenvalue weighted by molar-refractivity contribution is 0.101. The van der Waals surface area contributed by atoms with Crippen LogP contribution in [0.15, 0.2) is 18.2 Å². The molecule has 0 spiro atoms. The Bertz CT molecular complexity index is 405. The minimum Gasteiger partial charge on any atom is -0.493 e. The Labute approximate surface area is 122 Å². The Kier molecular flexibility index (Phi) is 6.82. The Morgan fingerprint density at radius 2 is 1.70 bits per heavy atom. The fourth-order valence-corrected chi connectivity index (χ4v) is 2.50. The van der Waals surface area contributed by atoms with Crippen LogP contribution in [0.4, 0.5) is 0 Å². The Morgan fingerprint density at radius 3 is 2.20 bits per heavy atom. The van der Waals surface area contributed by atoms with Gasteiger partial charge in [0.05, 0.1) is 20.3 Å². The third-order valence-electron chi connectivity index (χ3n) is 3.82. The van der Waals surface area contributed by atoms with Gasteiger partial charge >= 0.3 is 0 Å². The summed E-state index contributed by atoms with van der Waals surface area (Å²) in [6.45, 7) is 4.96. The molecule has 4 heteroatoms. The number of methoxy groups -OCH3 is 2. The number of aliphatic hydroxyl groups excluding tert-OH is 1. The summed E-state index contributed by atoms with van der Waals surface area (Å²) in [5.41, 5.74) is 0.848. The van der Waals surface area contributed by atoms with E-state index in [-0.39, 0.29) is 0 Å². The van der Waals surface area contributed by atoms with E-state index in [9.17, 15) is 5.11 Å². The molecule has 1 atom stereocenters. The summed E-state index contributed by atoms with van der Waals surface area (Å²) < 4.78 is 10.5. The standard InChI is InChI=1S/C16H27NO3/c1-6-13(7-2)17(3)11-14(18)12-8-9-15(19-4)16(10-12)20-5/h8-10,13-14,18H,6-7,11H2,1-5H3. The van der Waals surface area contributed by atoms with Crippen LogP contribution >= 0.6 is 0 Å². The summed E-state index contributed by atoms with van der Waals surface area (Å²) in [7, 11) is 5.26. The lowest BCUT2D eigenvalue weighted by atomic mass is 10.1. The second-order valence-electron chi connectivity index (χ2n) is 5.04. The number of hydrogen-bond donors (Lipinski definition) is 1. The molecule has 0 aliphatic carbocycles. The van der Waals surface area contributed by atoms with Crippen LogP contribution < -0.4 is 9.47 Å². The molecule has 1 rings (SSSR count). The van der Waals surface area contributed by atoms with Gasteiger partial charge in [-0.2, -0.15) is 0 Å². The Balaban J connectivity index is 2.79. The lowest BCUT2D eigenvalue weighted by Gasteiger charge is -2.28. The zero-order valence-electron chi connectivity index (χ0n) is 13.2. The molecule has 1 N–H and O–H groups in total. The molecule has 114 valence electrons. The van der Waals surface area contributed by atoms with Crippen molar-refractivity contribution in [2.75, 3.05) is 27.8 Å². The summed E-state index contributed by atoms with van der Waals surface area (Å²) in [6, 6.07) is 6.05. The zero-order chi connectivity index (χ0) is 15.1. The number of ether oxygens (including phenoxy) is 2. The van der Waals surface area contributed by atoms with Gasteiger partial charge in [0.1, 0.15) is 0 Å². The van der Waals surface area contributed by atoms with E-state index in [0.29, 0.717) is 24.1 Å². The van der Waals surface area contributed by atoms with Crippen LogP contribution in [0.3, 0.4) is 0 Å². The molecule has 1 unspecified atom stereocenters. The number of aliphatic hydroxyl groups is 1. The number of likely N-dealkylation sites (N-methyl/N-ethyl adjacent to an activating group) is 1. The van der Waals surface area contributed by atoms with Crippen LogP contribution in [0, 0.1) is 0 Å². The topological polar surface area (TPSA) is 41.9 Å². The van der Waals surface area contributed by atoms with Gasteiger partial charge in [-0.15, -0.1) is 0 Å². The van der Waals surface area contributed by atoms with Gasteiger partial charge in [-0.3, -0.25) is 0 Å². The van der Waals surface area contributed by atoms with Gasteiger partial charge in [0.15, 0.2) is 11.5 Å². The van der Waals surface area contributed by atoms with Gasteiger partial charge in [0.2, 0.25) is 0 Å². The molecule has 0 aliphatic rings. The molecule has 1 aromatic rings. The molecule has 0 amide bonds. The smallest absolute Gasteiger partial charge is 0.161 e. The van der Waals surface area contributed by atoms with Gasteiger partial charge in [-0.25, -0.2) is 0 Å². The molecule has 0 radical (unpaired) electrons. The minimum atomic E-state index is -0.527. The van der Waals surface area contributed by atoms with E-state index in [4.69, 9.17) is 9.47 Å². The molecule has 0 heterocycles. The van der Waals surface area contributed by atoms with Crippen molar-refractivity contribution in [3.05, 3.63) is 23.8 Å². The van der Waals surface area contributed by atoms with Crippen LogP contribution in [0.25, 0.3) is 0 Å². The van der Waals surface area contributed by atoms with Crippen LogP contribution in [-0.4, -0.2) is 43.9 Å². The summed E-state index contributed by atoms with van der Waals surface area (Å²) in [5, 5.41) is 10.4. The molecule has 0 fully saturated rings. The first-order valence-corrected chi connectivity index (χ1v) is 7.17. The van der Waals surface area contributed by atoms with E-state index < -0.39 is 6.10 Å². The van der Waals surface area contributed by atoms with E-state index in [1.165, 1.54) is 0 Å². The Hall–Kier alpha value is -1.26. The molecular formula is C16H27NO3. The van der Waals surface area contributed by atoms with E-state index in [2.05, 4.69) is 25.8 Å². The van der Waals surface area contributed by atoms with Crippen molar-refractivity contribution in [1.29, 1.82) is 0 Å². The Morgan fingerprint density at radius 1 is 1.10 bits per heavy atom. The van der Waals surface area contributed by atoms with Crippen LogP contribution in [0.1, 0.15) is 38.4 Å². The van der Waals surface area contributed by atoms with Crippen molar-refractivity contribution in [3.8, 4) is 11.5 Å². The molecule has 4 nitrogen and oxygen atoms in total. The van der Waals surface area contributed by atoms with Crippen molar-refractivity contribution in [3.63, 3.8) is 0 Å². The average molecular weight is 281 g/mol. The van der Waals surface area contributed by atoms with Crippen molar-refractivity contribution in [1.82, 2.24) is 4.90 Å². The zero-order valence-corrected chi connectivity index (χ0v) is 13.2. The van der Waals surface area contributed by atoms with E-state index in [1.807, 2.05) is 18.2 Å². The van der Waals surface area contributed by atoms with Crippen molar-refractivity contribution in [2.45, 2.75) is 38.8 Å². The molecule has 20 heavy (non-hydrogen) atoms. The van der Waals surface area contributed by atoms with Crippen molar-refractivity contribution in [2.24, 2.45) is 0 Å². The molecule has 0 saturated heterocycles. The van der Waals surface area contributed by atoms with Crippen LogP contribution in [0.5, 0.6) is 11.5 Å². The summed E-state index contributed by atoms with van der Waals surface area (Å²) >= 11 is 0. The summed E-state index contributed by atoms with van der Waals surface area (Å²) in [6.07, 6.45) is 1.65. The maximum absolute atomic E-state index is 10.4. The second-order valence-corrected chi connectivity index (χ2v) is 5.04. The highest BCUT2D eigenvalue weighted by atomic mass is 16.5. The SMILES string of the molecule is CCC(CC)N(C)CC(O)c1ccc(OC)c(OC)c1. The highest BCUT2D eigenvalue weighted by Crippen LogP contribution is 2.30. The largest absolute Gasteiger partial charge is 0.493 e. The first-order valence-electron chi connectivity index (χ1n) is 7.17. The first kappa shape index (κ1) is 16.8. The fraction of sp³-hybridized carbons (Fsp3) is 0.625. The van der Waals surface area contributed by atoms with Crippen LogP contribution in [0.2, 0.25) is 0 Å². The van der Waals surface area contributed by atoms with Gasteiger partial charge in [0.25, 0.3) is 0 Å². The quantitative estimate of drug-likeness (QED) is 0.795. The van der Waals surface area contributed by atoms with Gasteiger partial charge in [-0.1, -0.05) is 19.9 Å². The third-order valence-corrected chi connectivity index (χ3v) is 3.82. The maximum Gasteiger partial charge on any atom is 0.161 e. The number of hydrogen-bond acceptors (Lipinski definition) is 4. The van der Waals surface area contributed by atoms with Gasteiger partial charge < -0.3 is 19.5 Å². The van der Waals surface area contributed by atoms with Gasteiger partial charge in [0, 0.05) is 12.6 Å². The molecular weight excluding hydrogens is 254 g/mol. The predicted molar refractivity (Wildman–Crippen MR) is 81.5 cm³/mol. The monoisotopic (exact) mass is 281 g/mol. The summed E-state index contributed by atoms with van der Waals surface area (Å²) in [5.74, 6) is 1.33. The first-order chi connectivity index (χ1) is 9.57. The number of rotatable bonds is 8. The van der Waals surface area contributed by atoms with Crippen LogP contribution in [-0.2, 0) is 0 Å². The average Bonchev–Trinajstić information content (AvgIpc) is 2.47. The summed E-state index contributed by atoms with van der Waals surface area (Å²) in [4.78, 5) is 2.21. The minimum absolute atomic E-state index is 0.504. The van der Waals surface area contributed by atoms with E-state index in [1.54, 1.807) is 14.2 Å². The molecule has 0 saturated carbocycles. The highest BCUT2D eigenvalue weighted by molar-refractivity contribution is 5.43. The molecule has 1 aromatic carbocycles. The normalized spacial score (nSPS) is 12.8. The van der Waals surface area contributed by atoms with Crippen molar-refractivity contribution < 1.29 is 14.6 Å². The third kappa shape index (κ3) is 4.12.